The van der Waals surface area contributed by atoms with Gasteiger partial charge in [-0.05, 0) is 31.0 Å². The molecule has 2 atom stereocenters. The maximum absolute atomic E-state index is 11.7. The molecular formula is C15H21N3O3. The molecule has 0 saturated heterocycles. The van der Waals surface area contributed by atoms with Crippen LogP contribution in [0.2, 0.25) is 0 Å². The molecule has 0 saturated carbocycles. The Bertz CT molecular complexity index is 545. The first-order chi connectivity index (χ1) is 10.0. The summed E-state index contributed by atoms with van der Waals surface area (Å²) in [7, 11) is 0. The average molecular weight is 291 g/mol. The summed E-state index contributed by atoms with van der Waals surface area (Å²) in [5.74, 6) is 0.435. The fraction of sp³-hybridized carbons (Fsp3) is 0.467. The number of fused-ring (bicyclic) bond motifs is 1. The van der Waals surface area contributed by atoms with Gasteiger partial charge in [-0.3, -0.25) is 9.59 Å². The number of ether oxygens (including phenoxy) is 1. The molecule has 1 heterocycles. The summed E-state index contributed by atoms with van der Waals surface area (Å²) >= 11 is 0. The van der Waals surface area contributed by atoms with E-state index in [1.807, 2.05) is 26.0 Å². The largest absolute Gasteiger partial charge is 0.478 e. The number of anilines is 1. The van der Waals surface area contributed by atoms with Crippen LogP contribution in [0.3, 0.4) is 0 Å². The van der Waals surface area contributed by atoms with Gasteiger partial charge in [0.15, 0.2) is 6.10 Å². The van der Waals surface area contributed by atoms with Crippen molar-refractivity contribution in [2.24, 2.45) is 5.73 Å². The SMILES string of the molecule is CCC1Oc2cc(C(C)NC(=O)CCN)ccc2NC1=O. The molecule has 2 unspecified atom stereocenters. The predicted octanol–water partition coefficient (Wildman–Crippen LogP) is 1.32. The Morgan fingerprint density at radius 3 is 2.95 bits per heavy atom. The molecule has 0 bridgehead atoms. The number of nitrogens with two attached hydrogens (primary N) is 1. The quantitative estimate of drug-likeness (QED) is 0.762. The van der Waals surface area contributed by atoms with E-state index in [0.717, 1.165) is 5.56 Å². The van der Waals surface area contributed by atoms with E-state index in [1.165, 1.54) is 0 Å². The zero-order chi connectivity index (χ0) is 15.4. The molecule has 1 aliphatic rings. The summed E-state index contributed by atoms with van der Waals surface area (Å²) in [5.41, 5.74) is 6.94. The maximum atomic E-state index is 11.7. The molecule has 4 N–H and O–H groups in total. The van der Waals surface area contributed by atoms with Crippen LogP contribution in [0, 0.1) is 0 Å². The molecule has 2 rings (SSSR count). The summed E-state index contributed by atoms with van der Waals surface area (Å²) in [6, 6.07) is 5.36. The molecule has 0 radical (unpaired) electrons. The summed E-state index contributed by atoms with van der Waals surface area (Å²) in [6.07, 6.45) is 0.452. The predicted molar refractivity (Wildman–Crippen MR) is 80.0 cm³/mol. The Morgan fingerprint density at radius 1 is 1.52 bits per heavy atom. The van der Waals surface area contributed by atoms with Crippen LogP contribution >= 0.6 is 0 Å². The first-order valence-electron chi connectivity index (χ1n) is 7.16. The van der Waals surface area contributed by atoms with Crippen LogP contribution in [0.1, 0.15) is 38.3 Å². The fourth-order valence-electron chi connectivity index (χ4n) is 2.23. The Hall–Kier alpha value is -2.08. The first kappa shape index (κ1) is 15.3. The number of carbonyl (C=O) groups excluding carboxylic acids is 2. The van der Waals surface area contributed by atoms with Crippen LogP contribution in [0.4, 0.5) is 5.69 Å². The van der Waals surface area contributed by atoms with Crippen LogP contribution < -0.4 is 21.1 Å². The minimum atomic E-state index is -0.463. The molecule has 21 heavy (non-hydrogen) atoms. The lowest BCUT2D eigenvalue weighted by Gasteiger charge is -2.26. The van der Waals surface area contributed by atoms with Crippen molar-refractivity contribution in [1.82, 2.24) is 5.32 Å². The summed E-state index contributed by atoms with van der Waals surface area (Å²) < 4.78 is 5.69. The number of hydrogen-bond donors (Lipinski definition) is 3. The van der Waals surface area contributed by atoms with E-state index in [1.54, 1.807) is 6.07 Å². The van der Waals surface area contributed by atoms with Crippen molar-refractivity contribution in [3.63, 3.8) is 0 Å². The third-order valence-corrected chi connectivity index (χ3v) is 3.44. The van der Waals surface area contributed by atoms with Gasteiger partial charge >= 0.3 is 0 Å². The van der Waals surface area contributed by atoms with E-state index in [9.17, 15) is 9.59 Å². The minimum absolute atomic E-state index is 0.0802. The highest BCUT2D eigenvalue weighted by atomic mass is 16.5. The summed E-state index contributed by atoms with van der Waals surface area (Å²) in [5, 5.41) is 5.70. The van der Waals surface area contributed by atoms with Gasteiger partial charge in [0.25, 0.3) is 5.91 Å². The van der Waals surface area contributed by atoms with Gasteiger partial charge in [-0.15, -0.1) is 0 Å². The number of hydrogen-bond acceptors (Lipinski definition) is 4. The second-order valence-corrected chi connectivity index (χ2v) is 5.09. The molecule has 0 fully saturated rings. The molecule has 6 nitrogen and oxygen atoms in total. The van der Waals surface area contributed by atoms with Gasteiger partial charge in [-0.1, -0.05) is 13.0 Å². The van der Waals surface area contributed by atoms with Gasteiger partial charge in [0, 0.05) is 13.0 Å². The Morgan fingerprint density at radius 2 is 2.29 bits per heavy atom. The van der Waals surface area contributed by atoms with Crippen LogP contribution in [-0.4, -0.2) is 24.5 Å². The third kappa shape index (κ3) is 3.52. The van der Waals surface area contributed by atoms with E-state index >= 15 is 0 Å². The smallest absolute Gasteiger partial charge is 0.265 e. The zero-order valence-corrected chi connectivity index (χ0v) is 12.3. The maximum Gasteiger partial charge on any atom is 0.265 e. The second-order valence-electron chi connectivity index (χ2n) is 5.09. The van der Waals surface area contributed by atoms with E-state index in [2.05, 4.69) is 10.6 Å². The molecule has 1 aromatic carbocycles. The van der Waals surface area contributed by atoms with Crippen molar-refractivity contribution in [3.8, 4) is 5.75 Å². The Kier molecular flexibility index (Phi) is 4.80. The van der Waals surface area contributed by atoms with Crippen LogP contribution in [0.25, 0.3) is 0 Å². The van der Waals surface area contributed by atoms with Gasteiger partial charge in [-0.2, -0.15) is 0 Å². The van der Waals surface area contributed by atoms with Crippen molar-refractivity contribution < 1.29 is 14.3 Å². The monoisotopic (exact) mass is 291 g/mol. The fourth-order valence-corrected chi connectivity index (χ4v) is 2.23. The van der Waals surface area contributed by atoms with Gasteiger partial charge in [0.1, 0.15) is 5.75 Å². The van der Waals surface area contributed by atoms with E-state index in [4.69, 9.17) is 10.5 Å². The van der Waals surface area contributed by atoms with E-state index in [-0.39, 0.29) is 17.9 Å². The molecule has 1 aliphatic heterocycles. The van der Waals surface area contributed by atoms with Crippen LogP contribution in [-0.2, 0) is 9.59 Å². The number of benzene rings is 1. The van der Waals surface area contributed by atoms with Gasteiger partial charge < -0.3 is 21.1 Å². The summed E-state index contributed by atoms with van der Waals surface area (Å²) in [4.78, 5) is 23.3. The molecule has 1 aromatic rings. The van der Waals surface area contributed by atoms with Crippen molar-refractivity contribution in [2.45, 2.75) is 38.8 Å². The number of amides is 2. The summed E-state index contributed by atoms with van der Waals surface area (Å²) in [6.45, 7) is 4.12. The number of nitrogens with one attached hydrogen (secondary N) is 2. The Labute approximate surface area is 124 Å². The van der Waals surface area contributed by atoms with E-state index in [0.29, 0.717) is 30.8 Å². The van der Waals surface area contributed by atoms with Gasteiger partial charge in [-0.25, -0.2) is 0 Å². The number of rotatable bonds is 5. The lowest BCUT2D eigenvalue weighted by Crippen LogP contribution is -2.36. The lowest BCUT2D eigenvalue weighted by atomic mass is 10.1. The molecule has 6 heteroatoms. The molecule has 0 aliphatic carbocycles. The van der Waals surface area contributed by atoms with Crippen molar-refractivity contribution in [2.75, 3.05) is 11.9 Å². The molecule has 0 spiro atoms. The topological polar surface area (TPSA) is 93.4 Å². The third-order valence-electron chi connectivity index (χ3n) is 3.44. The normalized spacial score (nSPS) is 18.2. The van der Waals surface area contributed by atoms with Crippen LogP contribution in [0.5, 0.6) is 5.75 Å². The van der Waals surface area contributed by atoms with Crippen molar-refractivity contribution in [1.29, 1.82) is 0 Å². The van der Waals surface area contributed by atoms with E-state index < -0.39 is 6.10 Å². The van der Waals surface area contributed by atoms with Gasteiger partial charge in [0.2, 0.25) is 5.91 Å². The van der Waals surface area contributed by atoms with Crippen molar-refractivity contribution >= 4 is 17.5 Å². The molecular weight excluding hydrogens is 270 g/mol. The average Bonchev–Trinajstić information content (AvgIpc) is 2.46. The molecule has 0 aromatic heterocycles. The van der Waals surface area contributed by atoms with Crippen molar-refractivity contribution in [3.05, 3.63) is 23.8 Å². The highest BCUT2D eigenvalue weighted by molar-refractivity contribution is 5.97. The highest BCUT2D eigenvalue weighted by Crippen LogP contribution is 2.32. The highest BCUT2D eigenvalue weighted by Gasteiger charge is 2.26. The van der Waals surface area contributed by atoms with Gasteiger partial charge in [0.05, 0.1) is 11.7 Å². The van der Waals surface area contributed by atoms with Crippen LogP contribution in [0.15, 0.2) is 18.2 Å². The first-order valence-corrected chi connectivity index (χ1v) is 7.16. The number of carbonyl (C=O) groups is 2. The molecule has 114 valence electrons. The standard InChI is InChI=1S/C15H21N3O3/c1-3-12-15(20)18-11-5-4-10(8-13(11)21-12)9(2)17-14(19)6-7-16/h4-5,8-9,12H,3,6-7,16H2,1-2H3,(H,17,19)(H,18,20). The minimum Gasteiger partial charge on any atom is -0.478 e. The zero-order valence-electron chi connectivity index (χ0n) is 12.3. The molecule has 2 amide bonds. The lowest BCUT2D eigenvalue weighted by molar-refractivity contribution is -0.123. The Balaban J connectivity index is 2.13. The second kappa shape index (κ2) is 6.58.